The highest BCUT2D eigenvalue weighted by Gasteiger charge is 2.36. The minimum atomic E-state index is -0.197. The van der Waals surface area contributed by atoms with E-state index in [0.29, 0.717) is 17.9 Å². The number of anilines is 1. The number of hydrogen-bond donors (Lipinski definition) is 1. The van der Waals surface area contributed by atoms with E-state index in [-0.39, 0.29) is 18.0 Å². The second kappa shape index (κ2) is 7.07. The fourth-order valence-electron chi connectivity index (χ4n) is 3.31. The predicted octanol–water partition coefficient (Wildman–Crippen LogP) is 2.40. The van der Waals surface area contributed by atoms with Crippen molar-refractivity contribution in [2.75, 3.05) is 25.5 Å². The van der Waals surface area contributed by atoms with E-state index in [1.54, 1.807) is 0 Å². The van der Waals surface area contributed by atoms with Crippen molar-refractivity contribution in [1.29, 1.82) is 0 Å². The van der Waals surface area contributed by atoms with Gasteiger partial charge in [0.15, 0.2) is 0 Å². The lowest BCUT2D eigenvalue weighted by molar-refractivity contribution is -0.145. The van der Waals surface area contributed by atoms with Crippen LogP contribution in [-0.2, 0) is 4.79 Å². The van der Waals surface area contributed by atoms with Crippen molar-refractivity contribution in [3.05, 3.63) is 42.0 Å². The fourth-order valence-corrected chi connectivity index (χ4v) is 3.31. The molecule has 1 N–H and O–H groups in total. The number of rotatable bonds is 5. The minimum absolute atomic E-state index is 0.112. The summed E-state index contributed by atoms with van der Waals surface area (Å²) in [4.78, 5) is 28.4. The summed E-state index contributed by atoms with van der Waals surface area (Å²) in [7, 11) is 3.94. The maximum absolute atomic E-state index is 12.6. The Morgan fingerprint density at radius 3 is 2.50 bits per heavy atom. The lowest BCUT2D eigenvalue weighted by Crippen LogP contribution is -2.60. The second-order valence-corrected chi connectivity index (χ2v) is 6.74. The summed E-state index contributed by atoms with van der Waals surface area (Å²) in [6.45, 7) is 0.740. The molecule has 5 nitrogen and oxygen atoms in total. The van der Waals surface area contributed by atoms with Crippen molar-refractivity contribution in [2.45, 2.75) is 31.8 Å². The Morgan fingerprint density at radius 1 is 1.25 bits per heavy atom. The molecule has 128 valence electrons. The first-order chi connectivity index (χ1) is 11.6. The topological polar surface area (TPSA) is 52.7 Å². The van der Waals surface area contributed by atoms with E-state index in [2.05, 4.69) is 17.5 Å². The number of nitrogens with one attached hydrogen (secondary N) is 1. The molecule has 1 heterocycles. The number of nitrogens with zero attached hydrogens (tertiary/aromatic N) is 2. The van der Waals surface area contributed by atoms with Gasteiger partial charge in [-0.2, -0.15) is 0 Å². The van der Waals surface area contributed by atoms with Crippen molar-refractivity contribution in [1.82, 2.24) is 10.2 Å². The highest BCUT2D eigenvalue weighted by Crippen LogP contribution is 2.27. The molecule has 5 heteroatoms. The van der Waals surface area contributed by atoms with E-state index < -0.39 is 0 Å². The summed E-state index contributed by atoms with van der Waals surface area (Å²) in [5.74, 6) is 0.321. The molecular weight excluding hydrogens is 302 g/mol. The van der Waals surface area contributed by atoms with Crippen LogP contribution in [0.4, 0.5) is 5.69 Å². The Balaban J connectivity index is 1.72. The number of hydrogen-bond acceptors (Lipinski definition) is 3. The lowest BCUT2D eigenvalue weighted by Gasteiger charge is -2.42. The predicted molar refractivity (Wildman–Crippen MR) is 94.8 cm³/mol. The van der Waals surface area contributed by atoms with Crippen molar-refractivity contribution in [3.8, 4) is 0 Å². The first-order valence-electron chi connectivity index (χ1n) is 8.59. The summed E-state index contributed by atoms with van der Waals surface area (Å²) in [6, 6.07) is 7.53. The largest absolute Gasteiger partial charge is 0.378 e. The van der Waals surface area contributed by atoms with E-state index in [0.717, 1.165) is 31.5 Å². The van der Waals surface area contributed by atoms with Gasteiger partial charge in [0.1, 0.15) is 6.17 Å². The first kappa shape index (κ1) is 16.6. The molecule has 2 aliphatic rings. The van der Waals surface area contributed by atoms with Crippen LogP contribution in [0.3, 0.4) is 0 Å². The molecule has 1 saturated heterocycles. The summed E-state index contributed by atoms with van der Waals surface area (Å²) < 4.78 is 0. The van der Waals surface area contributed by atoms with Gasteiger partial charge >= 0.3 is 0 Å². The smallest absolute Gasteiger partial charge is 0.252 e. The van der Waals surface area contributed by atoms with Crippen molar-refractivity contribution in [2.24, 2.45) is 5.92 Å². The van der Waals surface area contributed by atoms with Gasteiger partial charge in [-0.05, 0) is 43.5 Å². The van der Waals surface area contributed by atoms with E-state index in [9.17, 15) is 9.59 Å². The average molecular weight is 327 g/mol. The van der Waals surface area contributed by atoms with Gasteiger partial charge in [-0.25, -0.2) is 0 Å². The van der Waals surface area contributed by atoms with Gasteiger partial charge in [-0.15, -0.1) is 0 Å². The van der Waals surface area contributed by atoms with Gasteiger partial charge in [0.05, 0.1) is 0 Å². The SMILES string of the molecule is CN(C)c1ccc(C(=O)N[C@H]([C@H]2CC=CCC2)N2CCC2=O)cc1. The van der Waals surface area contributed by atoms with Crippen LogP contribution in [-0.4, -0.2) is 43.5 Å². The van der Waals surface area contributed by atoms with Crippen LogP contribution in [0.2, 0.25) is 0 Å². The number of carbonyl (C=O) groups is 2. The Hall–Kier alpha value is -2.30. The van der Waals surface area contributed by atoms with Crippen LogP contribution in [0, 0.1) is 5.92 Å². The molecule has 1 fully saturated rings. The number of amides is 2. The third-order valence-electron chi connectivity index (χ3n) is 4.90. The molecule has 24 heavy (non-hydrogen) atoms. The third kappa shape index (κ3) is 3.45. The van der Waals surface area contributed by atoms with E-state index >= 15 is 0 Å². The van der Waals surface area contributed by atoms with Crippen LogP contribution in [0.15, 0.2) is 36.4 Å². The molecule has 0 aromatic heterocycles. The van der Waals surface area contributed by atoms with Gasteiger partial charge in [0, 0.05) is 44.2 Å². The molecule has 2 amide bonds. The van der Waals surface area contributed by atoms with Crippen LogP contribution >= 0.6 is 0 Å². The zero-order valence-corrected chi connectivity index (χ0v) is 14.4. The van der Waals surface area contributed by atoms with Gasteiger partial charge < -0.3 is 15.1 Å². The van der Waals surface area contributed by atoms with E-state index in [1.807, 2.05) is 48.2 Å². The van der Waals surface area contributed by atoms with Gasteiger partial charge in [-0.3, -0.25) is 9.59 Å². The lowest BCUT2D eigenvalue weighted by atomic mass is 9.89. The van der Waals surface area contributed by atoms with Crippen molar-refractivity contribution >= 4 is 17.5 Å². The van der Waals surface area contributed by atoms with E-state index in [1.165, 1.54) is 0 Å². The Labute approximate surface area is 143 Å². The normalized spacial score (nSPS) is 21.2. The molecule has 2 atom stereocenters. The molecule has 1 aromatic rings. The van der Waals surface area contributed by atoms with Crippen LogP contribution < -0.4 is 10.2 Å². The quantitative estimate of drug-likeness (QED) is 0.667. The maximum Gasteiger partial charge on any atom is 0.252 e. The summed E-state index contributed by atoms with van der Waals surface area (Å²) in [5.41, 5.74) is 1.68. The average Bonchev–Trinajstić information content (AvgIpc) is 2.60. The summed E-state index contributed by atoms with van der Waals surface area (Å²) >= 11 is 0. The van der Waals surface area contributed by atoms with Gasteiger partial charge in [0.25, 0.3) is 5.91 Å². The van der Waals surface area contributed by atoms with Crippen molar-refractivity contribution < 1.29 is 9.59 Å². The molecular formula is C19H25N3O2. The number of carbonyl (C=O) groups excluding carboxylic acids is 2. The zero-order valence-electron chi connectivity index (χ0n) is 14.4. The van der Waals surface area contributed by atoms with Gasteiger partial charge in [0.2, 0.25) is 5.91 Å². The van der Waals surface area contributed by atoms with Crippen LogP contribution in [0.5, 0.6) is 0 Å². The number of benzene rings is 1. The first-order valence-corrected chi connectivity index (χ1v) is 8.59. The molecule has 0 bridgehead atoms. The number of allylic oxidation sites excluding steroid dienone is 2. The Morgan fingerprint density at radius 2 is 2.00 bits per heavy atom. The third-order valence-corrected chi connectivity index (χ3v) is 4.90. The molecule has 1 aliphatic heterocycles. The molecule has 0 radical (unpaired) electrons. The second-order valence-electron chi connectivity index (χ2n) is 6.74. The highest BCUT2D eigenvalue weighted by atomic mass is 16.2. The van der Waals surface area contributed by atoms with Crippen LogP contribution in [0.1, 0.15) is 36.0 Å². The highest BCUT2D eigenvalue weighted by molar-refractivity contribution is 5.95. The summed E-state index contributed by atoms with van der Waals surface area (Å²) in [5, 5.41) is 3.10. The molecule has 1 aromatic carbocycles. The number of likely N-dealkylation sites (tertiary alicyclic amines) is 1. The molecule has 0 unspecified atom stereocenters. The van der Waals surface area contributed by atoms with E-state index in [4.69, 9.17) is 0 Å². The zero-order chi connectivity index (χ0) is 17.1. The Kier molecular flexibility index (Phi) is 4.88. The summed E-state index contributed by atoms with van der Waals surface area (Å²) in [6.07, 6.45) is 7.65. The van der Waals surface area contributed by atoms with Gasteiger partial charge in [-0.1, -0.05) is 12.2 Å². The molecule has 0 saturated carbocycles. The molecule has 1 aliphatic carbocycles. The monoisotopic (exact) mass is 327 g/mol. The molecule has 0 spiro atoms. The fraction of sp³-hybridized carbons (Fsp3) is 0.474. The number of β-lactam (4-membered cyclic amide) rings is 1. The maximum atomic E-state index is 12.6. The Bertz CT molecular complexity index is 637. The molecule has 3 rings (SSSR count). The standard InChI is InChI=1S/C19H25N3O2/c1-21(2)16-10-8-15(9-11-16)19(24)20-18(22-13-12-17(22)23)14-6-4-3-5-7-14/h3-4,8-11,14,18H,5-7,12-13H2,1-2H3,(H,20,24)/t14-,18-/m0/s1. The van der Waals surface area contributed by atoms with Crippen LogP contribution in [0.25, 0.3) is 0 Å². The van der Waals surface area contributed by atoms with Crippen molar-refractivity contribution in [3.63, 3.8) is 0 Å². The minimum Gasteiger partial charge on any atom is -0.378 e.